The van der Waals surface area contributed by atoms with Crippen LogP contribution in [-0.4, -0.2) is 43.7 Å². The molecule has 0 aromatic rings. The second-order valence-electron chi connectivity index (χ2n) is 5.30. The van der Waals surface area contributed by atoms with E-state index >= 15 is 0 Å². The summed E-state index contributed by atoms with van der Waals surface area (Å²) in [5.41, 5.74) is 5.62. The summed E-state index contributed by atoms with van der Waals surface area (Å²) < 4.78 is 10.5. The molecular formula is C13H24N2O3. The van der Waals surface area contributed by atoms with Gasteiger partial charge in [-0.15, -0.1) is 0 Å². The molecule has 18 heavy (non-hydrogen) atoms. The van der Waals surface area contributed by atoms with E-state index in [1.54, 1.807) is 4.90 Å². The molecule has 0 aromatic heterocycles. The lowest BCUT2D eigenvalue weighted by molar-refractivity contribution is -0.133. The standard InChI is InChI=1S/C13H24N2O3/c1-4-5-15(10-13(2,3)9-14)12(16)11-8-17-6-7-18-11/h8H,4-7,9-10,14H2,1-3H3. The topological polar surface area (TPSA) is 64.8 Å². The molecule has 0 aliphatic carbocycles. The summed E-state index contributed by atoms with van der Waals surface area (Å²) in [6.07, 6.45) is 2.31. The zero-order valence-corrected chi connectivity index (χ0v) is 11.6. The maximum Gasteiger partial charge on any atom is 0.292 e. The molecule has 0 atom stereocenters. The lowest BCUT2D eigenvalue weighted by Gasteiger charge is -2.32. The largest absolute Gasteiger partial charge is 0.494 e. The van der Waals surface area contributed by atoms with E-state index in [4.69, 9.17) is 15.2 Å². The lowest BCUT2D eigenvalue weighted by atomic mass is 9.93. The van der Waals surface area contributed by atoms with Crippen molar-refractivity contribution in [1.29, 1.82) is 0 Å². The molecule has 0 saturated heterocycles. The molecule has 1 aliphatic rings. The minimum absolute atomic E-state index is 0.0963. The fourth-order valence-electron chi connectivity index (χ4n) is 1.74. The van der Waals surface area contributed by atoms with E-state index in [1.165, 1.54) is 6.26 Å². The van der Waals surface area contributed by atoms with Crippen LogP contribution in [0.25, 0.3) is 0 Å². The Bertz CT molecular complexity index is 313. The third-order valence-electron chi connectivity index (χ3n) is 2.81. The van der Waals surface area contributed by atoms with E-state index in [0.717, 1.165) is 6.42 Å². The van der Waals surface area contributed by atoms with Crippen LogP contribution in [0.3, 0.4) is 0 Å². The van der Waals surface area contributed by atoms with Gasteiger partial charge in [0, 0.05) is 13.1 Å². The maximum absolute atomic E-state index is 12.3. The van der Waals surface area contributed by atoms with Crippen molar-refractivity contribution in [3.8, 4) is 0 Å². The third-order valence-corrected chi connectivity index (χ3v) is 2.81. The molecule has 0 bridgehead atoms. The maximum atomic E-state index is 12.3. The second-order valence-corrected chi connectivity index (χ2v) is 5.30. The first kappa shape index (κ1) is 14.8. The van der Waals surface area contributed by atoms with Crippen LogP contribution in [0.4, 0.5) is 0 Å². The van der Waals surface area contributed by atoms with Crippen LogP contribution < -0.4 is 5.73 Å². The number of nitrogens with two attached hydrogens (primary N) is 1. The molecule has 1 amide bonds. The van der Waals surface area contributed by atoms with Gasteiger partial charge in [0.15, 0.2) is 0 Å². The molecule has 1 heterocycles. The second kappa shape index (κ2) is 6.64. The number of nitrogens with zero attached hydrogens (tertiary/aromatic N) is 1. The summed E-state index contributed by atoms with van der Waals surface area (Å²) in [5.74, 6) is 0.181. The van der Waals surface area contributed by atoms with Crippen LogP contribution in [0, 0.1) is 5.41 Å². The molecule has 0 spiro atoms. The van der Waals surface area contributed by atoms with Crippen molar-refractivity contribution >= 4 is 5.91 Å². The van der Waals surface area contributed by atoms with Gasteiger partial charge in [0.2, 0.25) is 5.76 Å². The van der Waals surface area contributed by atoms with Gasteiger partial charge in [0.1, 0.15) is 19.5 Å². The molecule has 1 aliphatic heterocycles. The molecular weight excluding hydrogens is 232 g/mol. The highest BCUT2D eigenvalue weighted by Gasteiger charge is 2.27. The number of hydrogen-bond acceptors (Lipinski definition) is 4. The summed E-state index contributed by atoms with van der Waals surface area (Å²) in [5, 5.41) is 0. The highest BCUT2D eigenvalue weighted by Crippen LogP contribution is 2.18. The monoisotopic (exact) mass is 256 g/mol. The molecule has 0 unspecified atom stereocenters. The van der Waals surface area contributed by atoms with Crippen LogP contribution in [-0.2, 0) is 14.3 Å². The predicted octanol–water partition coefficient (Wildman–Crippen LogP) is 1.10. The minimum Gasteiger partial charge on any atom is -0.494 e. The van der Waals surface area contributed by atoms with E-state index in [1.807, 2.05) is 6.92 Å². The molecule has 104 valence electrons. The Morgan fingerprint density at radius 1 is 1.50 bits per heavy atom. The Morgan fingerprint density at radius 3 is 2.72 bits per heavy atom. The zero-order valence-electron chi connectivity index (χ0n) is 11.6. The van der Waals surface area contributed by atoms with E-state index in [0.29, 0.717) is 38.6 Å². The van der Waals surface area contributed by atoms with Gasteiger partial charge in [-0.25, -0.2) is 0 Å². The van der Waals surface area contributed by atoms with Crippen LogP contribution in [0.15, 0.2) is 12.0 Å². The number of ether oxygens (including phenoxy) is 2. The van der Waals surface area contributed by atoms with Gasteiger partial charge >= 0.3 is 0 Å². The van der Waals surface area contributed by atoms with Crippen LogP contribution in [0.5, 0.6) is 0 Å². The third kappa shape index (κ3) is 4.22. The molecule has 0 aromatic carbocycles. The van der Waals surface area contributed by atoms with Gasteiger partial charge < -0.3 is 20.1 Å². The molecule has 0 fully saturated rings. The fraction of sp³-hybridized carbons (Fsp3) is 0.769. The SMILES string of the molecule is CCCN(CC(C)(C)CN)C(=O)C1=COCCO1. The Morgan fingerprint density at radius 2 is 2.22 bits per heavy atom. The summed E-state index contributed by atoms with van der Waals surface area (Å²) >= 11 is 0. The predicted molar refractivity (Wildman–Crippen MR) is 69.7 cm³/mol. The van der Waals surface area contributed by atoms with Gasteiger partial charge in [0.05, 0.1) is 0 Å². The molecule has 5 nitrogen and oxygen atoms in total. The van der Waals surface area contributed by atoms with Gasteiger partial charge in [-0.2, -0.15) is 0 Å². The first-order valence-corrected chi connectivity index (χ1v) is 6.44. The average Bonchev–Trinajstić information content (AvgIpc) is 2.38. The summed E-state index contributed by atoms with van der Waals surface area (Å²) in [4.78, 5) is 14.1. The van der Waals surface area contributed by atoms with Crippen molar-refractivity contribution in [2.24, 2.45) is 11.1 Å². The van der Waals surface area contributed by atoms with Crippen LogP contribution in [0.1, 0.15) is 27.2 Å². The van der Waals surface area contributed by atoms with Gasteiger partial charge in [0.25, 0.3) is 5.91 Å². The Labute approximate surface area is 109 Å². The lowest BCUT2D eigenvalue weighted by Crippen LogP contribution is -2.43. The first-order valence-electron chi connectivity index (χ1n) is 6.44. The highest BCUT2D eigenvalue weighted by atomic mass is 16.6. The van der Waals surface area contributed by atoms with Crippen LogP contribution in [0.2, 0.25) is 0 Å². The smallest absolute Gasteiger partial charge is 0.292 e. The van der Waals surface area contributed by atoms with Crippen molar-refractivity contribution < 1.29 is 14.3 Å². The Kier molecular flexibility index (Phi) is 5.47. The van der Waals surface area contributed by atoms with E-state index in [2.05, 4.69) is 13.8 Å². The molecule has 5 heteroatoms. The number of carbonyl (C=O) groups excluding carboxylic acids is 1. The molecule has 1 rings (SSSR count). The number of hydrogen-bond donors (Lipinski definition) is 1. The molecule has 0 saturated carbocycles. The van der Waals surface area contributed by atoms with Crippen LogP contribution >= 0.6 is 0 Å². The Hall–Kier alpha value is -1.23. The van der Waals surface area contributed by atoms with E-state index in [9.17, 15) is 4.79 Å². The van der Waals surface area contributed by atoms with Crippen molar-refractivity contribution in [2.45, 2.75) is 27.2 Å². The number of rotatable bonds is 6. The van der Waals surface area contributed by atoms with Gasteiger partial charge in [-0.1, -0.05) is 20.8 Å². The van der Waals surface area contributed by atoms with Crippen molar-refractivity contribution in [1.82, 2.24) is 4.90 Å². The molecule has 0 radical (unpaired) electrons. The highest BCUT2D eigenvalue weighted by molar-refractivity contribution is 5.91. The quantitative estimate of drug-likeness (QED) is 0.773. The summed E-state index contributed by atoms with van der Waals surface area (Å²) in [6.45, 7) is 8.93. The van der Waals surface area contributed by atoms with Crippen molar-refractivity contribution in [3.05, 3.63) is 12.0 Å². The first-order chi connectivity index (χ1) is 8.50. The number of amides is 1. The van der Waals surface area contributed by atoms with Gasteiger partial charge in [-0.3, -0.25) is 4.79 Å². The van der Waals surface area contributed by atoms with Crippen molar-refractivity contribution in [3.63, 3.8) is 0 Å². The van der Waals surface area contributed by atoms with E-state index in [-0.39, 0.29) is 11.3 Å². The summed E-state index contributed by atoms with van der Waals surface area (Å²) in [6, 6.07) is 0. The normalized spacial score (nSPS) is 15.4. The Balaban J connectivity index is 2.71. The van der Waals surface area contributed by atoms with Crippen molar-refractivity contribution in [2.75, 3.05) is 32.8 Å². The van der Waals surface area contributed by atoms with E-state index < -0.39 is 0 Å². The average molecular weight is 256 g/mol. The fourth-order valence-corrected chi connectivity index (χ4v) is 1.74. The number of carbonyl (C=O) groups is 1. The van der Waals surface area contributed by atoms with Gasteiger partial charge in [-0.05, 0) is 18.4 Å². The molecule has 2 N–H and O–H groups in total. The minimum atomic E-state index is -0.113. The zero-order chi connectivity index (χ0) is 13.6. The summed E-state index contributed by atoms with van der Waals surface area (Å²) in [7, 11) is 0.